The van der Waals surface area contributed by atoms with Crippen LogP contribution in [0, 0.1) is 5.92 Å². The molecule has 3 rings (SSSR count). The van der Waals surface area contributed by atoms with E-state index in [2.05, 4.69) is 12.2 Å². The normalized spacial score (nSPS) is 25.1. The van der Waals surface area contributed by atoms with Gasteiger partial charge in [0.15, 0.2) is 0 Å². The van der Waals surface area contributed by atoms with Gasteiger partial charge in [-0.25, -0.2) is 13.2 Å². The Morgan fingerprint density at radius 3 is 2.50 bits per heavy atom. The van der Waals surface area contributed by atoms with E-state index in [9.17, 15) is 13.2 Å². The maximum atomic E-state index is 12.7. The van der Waals surface area contributed by atoms with Gasteiger partial charge >= 0.3 is 6.03 Å². The van der Waals surface area contributed by atoms with E-state index in [4.69, 9.17) is 11.6 Å². The molecule has 26 heavy (non-hydrogen) atoms. The fourth-order valence-electron chi connectivity index (χ4n) is 3.69. The van der Waals surface area contributed by atoms with Crippen molar-refractivity contribution in [2.45, 2.75) is 43.5 Å². The Labute approximate surface area is 160 Å². The molecule has 1 N–H and O–H groups in total. The molecule has 1 aromatic rings. The third-order valence-corrected chi connectivity index (χ3v) is 7.51. The molecule has 2 fully saturated rings. The average Bonchev–Trinajstić information content (AvgIpc) is 2.63. The first-order valence-corrected chi connectivity index (χ1v) is 11.0. The molecule has 1 saturated heterocycles. The molecule has 144 valence electrons. The molecule has 1 aliphatic heterocycles. The van der Waals surface area contributed by atoms with E-state index in [0.29, 0.717) is 37.1 Å². The number of amides is 2. The number of sulfonamides is 1. The van der Waals surface area contributed by atoms with Crippen molar-refractivity contribution in [1.29, 1.82) is 0 Å². The summed E-state index contributed by atoms with van der Waals surface area (Å²) in [6.45, 7) is 3.56. The number of carbonyl (C=O) groups is 1. The second-order valence-corrected chi connectivity index (χ2v) is 9.54. The van der Waals surface area contributed by atoms with E-state index in [1.165, 1.54) is 16.8 Å². The molecule has 6 nitrogen and oxygen atoms in total. The van der Waals surface area contributed by atoms with Crippen LogP contribution in [0.1, 0.15) is 32.6 Å². The first-order chi connectivity index (χ1) is 12.4. The molecule has 0 radical (unpaired) electrons. The zero-order valence-corrected chi connectivity index (χ0v) is 16.6. The number of nitrogens with zero attached hydrogens (tertiary/aromatic N) is 2. The third kappa shape index (κ3) is 4.32. The van der Waals surface area contributed by atoms with E-state index in [-0.39, 0.29) is 17.0 Å². The van der Waals surface area contributed by atoms with Crippen molar-refractivity contribution in [3.63, 3.8) is 0 Å². The Morgan fingerprint density at radius 2 is 1.85 bits per heavy atom. The summed E-state index contributed by atoms with van der Waals surface area (Å²) in [5.74, 6) is 0.497. The van der Waals surface area contributed by atoms with Gasteiger partial charge < -0.3 is 10.2 Å². The van der Waals surface area contributed by atoms with Crippen molar-refractivity contribution in [2.24, 2.45) is 5.92 Å². The monoisotopic (exact) mass is 399 g/mol. The predicted octanol–water partition coefficient (Wildman–Crippen LogP) is 2.93. The van der Waals surface area contributed by atoms with Crippen LogP contribution in [-0.2, 0) is 10.0 Å². The fourth-order valence-corrected chi connectivity index (χ4v) is 5.41. The highest BCUT2D eigenvalue weighted by molar-refractivity contribution is 7.89. The molecule has 1 aliphatic carbocycles. The Morgan fingerprint density at radius 1 is 1.15 bits per heavy atom. The molecule has 0 spiro atoms. The minimum absolute atomic E-state index is 0.0800. The Bertz CT molecular complexity index is 748. The van der Waals surface area contributed by atoms with Crippen LogP contribution in [0.2, 0.25) is 5.02 Å². The lowest BCUT2D eigenvalue weighted by molar-refractivity contribution is 0.161. The maximum absolute atomic E-state index is 12.7. The molecule has 1 aromatic carbocycles. The van der Waals surface area contributed by atoms with Gasteiger partial charge in [0.1, 0.15) is 0 Å². The number of rotatable bonds is 3. The van der Waals surface area contributed by atoms with E-state index >= 15 is 0 Å². The van der Waals surface area contributed by atoms with Gasteiger partial charge in [0, 0.05) is 37.2 Å². The van der Waals surface area contributed by atoms with Gasteiger partial charge in [0.25, 0.3) is 0 Å². The number of hydrogen-bond donors (Lipinski definition) is 1. The number of piperazine rings is 1. The van der Waals surface area contributed by atoms with Crippen molar-refractivity contribution in [3.8, 4) is 0 Å². The van der Waals surface area contributed by atoms with Gasteiger partial charge in [-0.3, -0.25) is 0 Å². The van der Waals surface area contributed by atoms with Crippen LogP contribution in [0.15, 0.2) is 29.2 Å². The summed E-state index contributed by atoms with van der Waals surface area (Å²) in [4.78, 5) is 14.4. The summed E-state index contributed by atoms with van der Waals surface area (Å²) >= 11 is 5.91. The summed E-state index contributed by atoms with van der Waals surface area (Å²) < 4.78 is 26.9. The van der Waals surface area contributed by atoms with Crippen LogP contribution in [0.4, 0.5) is 4.79 Å². The first kappa shape index (κ1) is 19.5. The first-order valence-electron chi connectivity index (χ1n) is 9.19. The average molecular weight is 400 g/mol. The lowest BCUT2D eigenvalue weighted by Gasteiger charge is -2.36. The number of benzene rings is 1. The quantitative estimate of drug-likeness (QED) is 0.849. The van der Waals surface area contributed by atoms with Crippen molar-refractivity contribution >= 4 is 27.7 Å². The van der Waals surface area contributed by atoms with Crippen molar-refractivity contribution in [1.82, 2.24) is 14.5 Å². The smallest absolute Gasteiger partial charge is 0.317 e. The maximum Gasteiger partial charge on any atom is 0.317 e. The van der Waals surface area contributed by atoms with Crippen LogP contribution in [-0.4, -0.2) is 55.9 Å². The standard InChI is InChI=1S/C18H26ClN3O3S/c1-14-5-2-3-8-17(14)20-18(23)21-9-11-22(12-10-21)26(24,25)16-7-4-6-15(19)13-16/h4,6-7,13-14,17H,2-3,5,8-12H2,1H3,(H,20,23)/t14-,17+/m0/s1. The fraction of sp³-hybridized carbons (Fsp3) is 0.611. The number of carbonyl (C=O) groups excluding carboxylic acids is 1. The summed E-state index contributed by atoms with van der Waals surface area (Å²) in [5, 5.41) is 3.53. The highest BCUT2D eigenvalue weighted by Gasteiger charge is 2.31. The van der Waals surface area contributed by atoms with Gasteiger partial charge in [-0.15, -0.1) is 0 Å². The van der Waals surface area contributed by atoms with Crippen LogP contribution >= 0.6 is 11.6 Å². The number of hydrogen-bond acceptors (Lipinski definition) is 3. The largest absolute Gasteiger partial charge is 0.335 e. The Balaban J connectivity index is 1.57. The second-order valence-electron chi connectivity index (χ2n) is 7.17. The molecular weight excluding hydrogens is 374 g/mol. The van der Waals surface area contributed by atoms with Gasteiger partial charge in [-0.1, -0.05) is 37.4 Å². The SMILES string of the molecule is C[C@H]1CCCC[C@H]1NC(=O)N1CCN(S(=O)(=O)c2cccc(Cl)c2)CC1. The molecule has 2 aliphatic rings. The molecule has 1 saturated carbocycles. The summed E-state index contributed by atoms with van der Waals surface area (Å²) in [5.41, 5.74) is 0. The zero-order chi connectivity index (χ0) is 18.7. The third-order valence-electron chi connectivity index (χ3n) is 5.38. The predicted molar refractivity (Wildman–Crippen MR) is 102 cm³/mol. The van der Waals surface area contributed by atoms with Gasteiger partial charge in [-0.2, -0.15) is 4.31 Å². The van der Waals surface area contributed by atoms with E-state index in [1.54, 1.807) is 23.1 Å². The molecule has 8 heteroatoms. The summed E-state index contributed by atoms with van der Waals surface area (Å²) in [7, 11) is -3.58. The summed E-state index contributed by atoms with van der Waals surface area (Å²) in [6, 6.07) is 6.43. The Hall–Kier alpha value is -1.31. The number of urea groups is 1. The topological polar surface area (TPSA) is 69.7 Å². The Kier molecular flexibility index (Phi) is 6.10. The summed E-state index contributed by atoms with van der Waals surface area (Å²) in [6.07, 6.45) is 4.56. The van der Waals surface area contributed by atoms with Crippen LogP contribution in [0.3, 0.4) is 0 Å². The molecular formula is C18H26ClN3O3S. The highest BCUT2D eigenvalue weighted by Crippen LogP contribution is 2.24. The lowest BCUT2D eigenvalue weighted by atomic mass is 9.86. The van der Waals surface area contributed by atoms with Crippen LogP contribution in [0.5, 0.6) is 0 Å². The minimum Gasteiger partial charge on any atom is -0.335 e. The molecule has 2 amide bonds. The molecule has 1 heterocycles. The number of halogens is 1. The van der Waals surface area contributed by atoms with Gasteiger partial charge in [0.2, 0.25) is 10.0 Å². The van der Waals surface area contributed by atoms with Crippen LogP contribution < -0.4 is 5.32 Å². The van der Waals surface area contributed by atoms with E-state index < -0.39 is 10.0 Å². The van der Waals surface area contributed by atoms with Crippen LogP contribution in [0.25, 0.3) is 0 Å². The second kappa shape index (κ2) is 8.15. The van der Waals surface area contributed by atoms with E-state index in [1.807, 2.05) is 0 Å². The zero-order valence-electron chi connectivity index (χ0n) is 15.0. The molecule has 2 atom stereocenters. The minimum atomic E-state index is -3.58. The molecule has 0 aromatic heterocycles. The van der Waals surface area contributed by atoms with Crippen molar-refractivity contribution in [2.75, 3.05) is 26.2 Å². The highest BCUT2D eigenvalue weighted by atomic mass is 35.5. The molecule has 0 unspecified atom stereocenters. The van der Waals surface area contributed by atoms with Gasteiger partial charge in [-0.05, 0) is 37.0 Å². The molecule has 0 bridgehead atoms. The number of nitrogens with one attached hydrogen (secondary N) is 1. The van der Waals surface area contributed by atoms with Crippen molar-refractivity contribution in [3.05, 3.63) is 29.3 Å². The van der Waals surface area contributed by atoms with Crippen molar-refractivity contribution < 1.29 is 13.2 Å². The van der Waals surface area contributed by atoms with Gasteiger partial charge in [0.05, 0.1) is 4.90 Å². The van der Waals surface area contributed by atoms with E-state index in [0.717, 1.165) is 19.3 Å². The lowest BCUT2D eigenvalue weighted by Crippen LogP contribution is -2.55.